The van der Waals surface area contributed by atoms with Gasteiger partial charge in [-0.05, 0) is 128 Å². The van der Waals surface area contributed by atoms with E-state index < -0.39 is 0 Å². The van der Waals surface area contributed by atoms with Gasteiger partial charge in [-0.1, -0.05) is 53.6 Å². The van der Waals surface area contributed by atoms with Gasteiger partial charge in [0.2, 0.25) is 0 Å². The van der Waals surface area contributed by atoms with Crippen molar-refractivity contribution < 1.29 is 17.3 Å². The first-order valence-corrected chi connectivity index (χ1v) is 17.6. The number of aryl methyl sites for hydroxylation is 6. The van der Waals surface area contributed by atoms with E-state index in [1.54, 1.807) is 0 Å². The Morgan fingerprint density at radius 2 is 0.865 bits per heavy atom. The molecule has 0 aliphatic carbocycles. The summed E-state index contributed by atoms with van der Waals surface area (Å²) in [6, 6.07) is 15.4. The van der Waals surface area contributed by atoms with E-state index in [9.17, 15) is 0 Å². The van der Waals surface area contributed by atoms with E-state index in [1.807, 2.05) is 17.3 Å². The molecule has 0 bridgehead atoms. The van der Waals surface area contributed by atoms with Gasteiger partial charge in [-0.3, -0.25) is 0 Å². The monoisotopic (exact) mass is 643 g/mol. The molecule has 0 saturated carbocycles. The fraction of sp³-hybridized carbons (Fsp3) is 0.455. The molecule has 0 aliphatic rings. The summed E-state index contributed by atoms with van der Waals surface area (Å²) in [5, 5.41) is 0. The van der Waals surface area contributed by atoms with Crippen LogP contribution >= 0.6 is 17.6 Å². The van der Waals surface area contributed by atoms with Crippen LogP contribution < -0.4 is 0 Å². The second-order valence-electron chi connectivity index (χ2n) is 11.2. The molecule has 0 aliphatic heterocycles. The van der Waals surface area contributed by atoms with Gasteiger partial charge in [-0.15, -0.1) is 0 Å². The summed E-state index contributed by atoms with van der Waals surface area (Å²) in [7, 11) is 4.47. The van der Waals surface area contributed by atoms with Crippen molar-refractivity contribution in [3.8, 4) is 22.3 Å². The quantitative estimate of drug-likeness (QED) is 0.152. The van der Waals surface area contributed by atoms with Gasteiger partial charge in [0.15, 0.2) is 0 Å². The Kier molecular flexibility index (Phi) is 14.6. The fourth-order valence-electron chi connectivity index (χ4n) is 6.14. The molecule has 0 amide bonds. The van der Waals surface area contributed by atoms with E-state index >= 15 is 0 Å². The normalized spacial score (nSPS) is 11.0. The minimum atomic E-state index is -0.0957. The Morgan fingerprint density at radius 1 is 0.595 bits per heavy atom. The third-order valence-electron chi connectivity index (χ3n) is 6.91. The fourth-order valence-corrected chi connectivity index (χ4v) is 10.5. The first-order chi connectivity index (χ1) is 17.3. The van der Waals surface area contributed by atoms with Crippen molar-refractivity contribution in [2.24, 2.45) is 0 Å². The zero-order chi connectivity index (χ0) is 28.6. The van der Waals surface area contributed by atoms with E-state index in [2.05, 4.69) is 135 Å². The molecule has 3 aromatic rings. The number of hydrogen-bond acceptors (Lipinski definition) is 1. The van der Waals surface area contributed by atoms with Gasteiger partial charge in [0.25, 0.3) is 0 Å². The van der Waals surface area contributed by atoms with Crippen molar-refractivity contribution in [1.82, 2.24) is 0 Å². The van der Waals surface area contributed by atoms with Crippen LogP contribution in [0.2, 0.25) is 0 Å². The second-order valence-corrected chi connectivity index (χ2v) is 16.1. The predicted molar refractivity (Wildman–Crippen MR) is 171 cm³/mol. The number of halogens is 1. The first kappa shape index (κ1) is 34.3. The predicted octanol–water partition coefficient (Wildman–Crippen LogP) is 10.9. The van der Waals surface area contributed by atoms with Crippen LogP contribution in [-0.2, 0) is 29.9 Å². The molecule has 0 heterocycles. The average molecular weight is 643 g/mol. The van der Waals surface area contributed by atoms with Crippen LogP contribution in [0.25, 0.3) is 22.3 Å². The van der Waals surface area contributed by atoms with Crippen LogP contribution in [0.4, 0.5) is 0 Å². The molecule has 0 aromatic heterocycles. The molecule has 204 valence electrons. The van der Waals surface area contributed by atoms with Crippen LogP contribution in [0.5, 0.6) is 0 Å². The maximum absolute atomic E-state index is 5.96. The molecule has 0 unspecified atom stereocenters. The minimum absolute atomic E-state index is 0.0957. The summed E-state index contributed by atoms with van der Waals surface area (Å²) in [5.41, 5.74) is 15.5. The summed E-state index contributed by atoms with van der Waals surface area (Å²) >= 11 is 7.78. The molecule has 0 spiro atoms. The van der Waals surface area contributed by atoms with Crippen LogP contribution in [-0.4, -0.2) is 17.0 Å². The van der Waals surface area contributed by atoms with Gasteiger partial charge in [-0.2, -0.15) is 4.90 Å². The van der Waals surface area contributed by atoms with E-state index in [-0.39, 0.29) is 7.92 Å². The summed E-state index contributed by atoms with van der Waals surface area (Å²) in [6.45, 7) is 27.2. The number of rotatable bonds is 5. The molecule has 0 fully saturated rings. The molecule has 3 rings (SSSR count). The summed E-state index contributed by atoms with van der Waals surface area (Å²) in [4.78, 5) is 0.951. The molecule has 0 saturated heterocycles. The van der Waals surface area contributed by atoms with Crippen molar-refractivity contribution >= 4 is 30.2 Å². The second kappa shape index (κ2) is 15.7. The molecular weight excluding hydrogens is 596 g/mol. The molecule has 0 N–H and O–H groups in total. The molecule has 4 heteroatoms. The molecule has 0 atom stereocenters. The third-order valence-corrected chi connectivity index (χ3v) is 11.3. The number of benzene rings is 3. The summed E-state index contributed by atoms with van der Waals surface area (Å²) in [5.74, 6) is 0. The van der Waals surface area contributed by atoms with Crippen LogP contribution in [0.1, 0.15) is 74.9 Å². The Bertz CT molecular complexity index is 1030. The summed E-state index contributed by atoms with van der Waals surface area (Å²) in [6.07, 6.45) is 0. The van der Waals surface area contributed by atoms with E-state index in [1.165, 1.54) is 55.6 Å². The van der Waals surface area contributed by atoms with Crippen molar-refractivity contribution in [2.45, 2.75) is 105 Å². The standard InChI is InChI=1S/C24H26S.C9H21P.ClH.Ru/c1-14-10-16(3)22(17(4)11-14)20-8-7-9-21(24(20)25)23-18(5)12-15(2)13-19(23)6;1-7(2)10(8(3)4)9(5)6;;/h7-13,25H,1-6H3;7-9H,1-6H3;1H;/q;;;+2/p-1. The molecular formula is C33H47ClPRuS+. The van der Waals surface area contributed by atoms with E-state index in [4.69, 9.17) is 12.6 Å². The Balaban J connectivity index is 0.000000483. The van der Waals surface area contributed by atoms with Crippen molar-refractivity contribution in [3.63, 3.8) is 0 Å². The van der Waals surface area contributed by atoms with Gasteiger partial charge in [0.05, 0.1) is 17.0 Å². The molecule has 0 radical (unpaired) electrons. The van der Waals surface area contributed by atoms with Crippen molar-refractivity contribution in [3.05, 3.63) is 75.8 Å². The maximum atomic E-state index is 5.96. The van der Waals surface area contributed by atoms with Gasteiger partial charge < -0.3 is 12.6 Å². The SMILES string of the molecule is CC(C)[PH+](C(C)C)C(C)C.Cc1cc(C)c(-c2cccc(-c3c(C)cc(C)cc3C)c2[S-])c(C)c1.[Cl][Ru+]. The van der Waals surface area contributed by atoms with Crippen LogP contribution in [0.3, 0.4) is 0 Å². The van der Waals surface area contributed by atoms with Gasteiger partial charge in [0, 0.05) is 7.92 Å². The Hall–Kier alpha value is -0.777. The third kappa shape index (κ3) is 9.14. The van der Waals surface area contributed by atoms with Crippen molar-refractivity contribution in [2.75, 3.05) is 0 Å². The van der Waals surface area contributed by atoms with Gasteiger partial charge in [-0.25, -0.2) is 0 Å². The van der Waals surface area contributed by atoms with Crippen LogP contribution in [0.15, 0.2) is 47.4 Å². The van der Waals surface area contributed by atoms with Crippen molar-refractivity contribution in [1.29, 1.82) is 0 Å². The number of hydrogen-bond donors (Lipinski definition) is 0. The zero-order valence-electron chi connectivity index (χ0n) is 24.9. The van der Waals surface area contributed by atoms with Gasteiger partial charge in [0.1, 0.15) is 0 Å². The molecule has 37 heavy (non-hydrogen) atoms. The molecule has 3 aromatic carbocycles. The zero-order valence-corrected chi connectivity index (χ0v) is 29.2. The Labute approximate surface area is 249 Å². The van der Waals surface area contributed by atoms with E-state index in [0.29, 0.717) is 0 Å². The topological polar surface area (TPSA) is 0 Å². The summed E-state index contributed by atoms with van der Waals surface area (Å²) < 4.78 is 0. The Morgan fingerprint density at radius 3 is 1.08 bits per heavy atom. The molecule has 0 nitrogen and oxygen atoms in total. The first-order valence-electron chi connectivity index (χ1n) is 13.2. The van der Waals surface area contributed by atoms with E-state index in [0.717, 1.165) is 21.9 Å². The average Bonchev–Trinajstić information content (AvgIpc) is 2.75. The van der Waals surface area contributed by atoms with Gasteiger partial charge >= 0.3 is 27.0 Å². The van der Waals surface area contributed by atoms with Crippen LogP contribution in [0, 0.1) is 41.5 Å².